The van der Waals surface area contributed by atoms with Gasteiger partial charge in [0.1, 0.15) is 0 Å². The average molecular weight is 517 g/mol. The van der Waals surface area contributed by atoms with E-state index in [0.717, 1.165) is 157 Å². The van der Waals surface area contributed by atoms with E-state index in [9.17, 15) is 0 Å². The van der Waals surface area contributed by atoms with E-state index >= 15 is 0 Å². The van der Waals surface area contributed by atoms with Crippen LogP contribution < -0.4 is 63.8 Å². The third-order valence-electron chi connectivity index (χ3n) is 5.74. The van der Waals surface area contributed by atoms with Crippen LogP contribution in [-0.2, 0) is 0 Å². The second-order valence-corrected chi connectivity index (χ2v) is 9.00. The first-order valence-corrected chi connectivity index (χ1v) is 14.5. The summed E-state index contributed by atoms with van der Waals surface area (Å²) in [5, 5.41) is 41.0. The lowest BCUT2D eigenvalue weighted by Gasteiger charge is -2.11. The summed E-state index contributed by atoms with van der Waals surface area (Å²) in [5.41, 5.74) is 0. The second-order valence-electron chi connectivity index (χ2n) is 9.00. The van der Waals surface area contributed by atoms with E-state index in [1.54, 1.807) is 0 Å². The first-order valence-electron chi connectivity index (χ1n) is 14.5. The van der Waals surface area contributed by atoms with Gasteiger partial charge in [-0.1, -0.05) is 0 Å². The second kappa shape index (κ2) is 30.7. The maximum Gasteiger partial charge on any atom is 0.00772 e. The van der Waals surface area contributed by atoms with Gasteiger partial charge in [0.15, 0.2) is 0 Å². The van der Waals surface area contributed by atoms with E-state index in [-0.39, 0.29) is 0 Å². The molecular formula is C24H60N12. The van der Waals surface area contributed by atoms with Gasteiger partial charge in [0.05, 0.1) is 0 Å². The Balaban J connectivity index is 0.000000360. The quantitative estimate of drug-likeness (QED) is 0.150. The van der Waals surface area contributed by atoms with Crippen molar-refractivity contribution >= 4 is 0 Å². The normalized spacial score (nSPS) is 24.0. The number of nitrogens with one attached hydrogen (secondary N) is 12. The Morgan fingerprint density at radius 1 is 0.111 bits per heavy atom. The van der Waals surface area contributed by atoms with Crippen LogP contribution in [0.1, 0.15) is 0 Å². The van der Waals surface area contributed by atoms with E-state index in [0.29, 0.717) is 0 Å². The van der Waals surface area contributed by atoms with E-state index in [2.05, 4.69) is 63.8 Å². The summed E-state index contributed by atoms with van der Waals surface area (Å²) in [4.78, 5) is 0. The Bertz CT molecular complexity index is 219. The van der Waals surface area contributed by atoms with Gasteiger partial charge in [-0.3, -0.25) is 0 Å². The Morgan fingerprint density at radius 2 is 0.167 bits per heavy atom. The first kappa shape index (κ1) is 33.5. The summed E-state index contributed by atoms with van der Waals surface area (Å²) >= 11 is 0. The molecule has 12 heteroatoms. The lowest BCUT2D eigenvalue weighted by molar-refractivity contribution is 0.534. The van der Waals surface area contributed by atoms with E-state index in [1.807, 2.05) is 0 Å². The molecule has 2 saturated heterocycles. The van der Waals surface area contributed by atoms with Crippen LogP contribution in [0.5, 0.6) is 0 Å². The van der Waals surface area contributed by atoms with Crippen molar-refractivity contribution in [1.29, 1.82) is 0 Å². The van der Waals surface area contributed by atoms with Crippen molar-refractivity contribution in [2.75, 3.05) is 157 Å². The fourth-order valence-electron chi connectivity index (χ4n) is 3.62. The molecule has 2 aliphatic heterocycles. The first-order chi connectivity index (χ1) is 18.0. The van der Waals surface area contributed by atoms with Gasteiger partial charge >= 0.3 is 0 Å². The zero-order valence-corrected chi connectivity index (χ0v) is 23.0. The smallest absolute Gasteiger partial charge is 0.00772 e. The molecule has 0 aromatic heterocycles. The molecule has 0 unspecified atom stereocenters. The van der Waals surface area contributed by atoms with Crippen molar-refractivity contribution in [3.8, 4) is 0 Å². The molecule has 2 heterocycles. The molecule has 0 saturated carbocycles. The summed E-state index contributed by atoms with van der Waals surface area (Å²) in [6.07, 6.45) is 0. The van der Waals surface area contributed by atoms with Crippen molar-refractivity contribution < 1.29 is 0 Å². The minimum atomic E-state index is 1.04. The predicted molar refractivity (Wildman–Crippen MR) is 154 cm³/mol. The van der Waals surface area contributed by atoms with Crippen LogP contribution in [-0.4, -0.2) is 157 Å². The zero-order chi connectivity index (χ0) is 25.5. The van der Waals surface area contributed by atoms with E-state index < -0.39 is 0 Å². The van der Waals surface area contributed by atoms with Crippen molar-refractivity contribution in [2.24, 2.45) is 0 Å². The molecule has 0 radical (unpaired) electrons. The minimum Gasteiger partial charge on any atom is -0.314 e. The van der Waals surface area contributed by atoms with Crippen LogP contribution >= 0.6 is 0 Å². The molecule has 36 heavy (non-hydrogen) atoms. The van der Waals surface area contributed by atoms with Gasteiger partial charge in [-0.15, -0.1) is 0 Å². The Morgan fingerprint density at radius 3 is 0.222 bits per heavy atom. The van der Waals surface area contributed by atoms with Crippen LogP contribution in [0.4, 0.5) is 0 Å². The highest BCUT2D eigenvalue weighted by Gasteiger charge is 1.94. The SMILES string of the molecule is C1CNCCNCCNCCNCCNCCN1.C1CNCCNCCNCCNCCNCCN1. The van der Waals surface area contributed by atoms with E-state index in [1.165, 1.54) is 0 Å². The topological polar surface area (TPSA) is 144 Å². The molecular weight excluding hydrogens is 456 g/mol. The summed E-state index contributed by atoms with van der Waals surface area (Å²) < 4.78 is 0. The fourth-order valence-corrected chi connectivity index (χ4v) is 3.62. The third kappa shape index (κ3) is 28.1. The van der Waals surface area contributed by atoms with Gasteiger partial charge in [0.2, 0.25) is 0 Å². The molecule has 2 rings (SSSR count). The van der Waals surface area contributed by atoms with Crippen molar-refractivity contribution in [1.82, 2.24) is 63.8 Å². The Hall–Kier alpha value is -0.480. The van der Waals surface area contributed by atoms with Crippen molar-refractivity contribution in [3.63, 3.8) is 0 Å². The van der Waals surface area contributed by atoms with Gasteiger partial charge in [-0.25, -0.2) is 0 Å². The Labute approximate surface area is 221 Å². The monoisotopic (exact) mass is 517 g/mol. The van der Waals surface area contributed by atoms with Crippen LogP contribution in [0, 0.1) is 0 Å². The number of hydrogen-bond donors (Lipinski definition) is 12. The van der Waals surface area contributed by atoms with Crippen molar-refractivity contribution in [2.45, 2.75) is 0 Å². The van der Waals surface area contributed by atoms with Crippen LogP contribution in [0.25, 0.3) is 0 Å². The van der Waals surface area contributed by atoms with E-state index in [4.69, 9.17) is 0 Å². The zero-order valence-electron chi connectivity index (χ0n) is 23.0. The summed E-state index contributed by atoms with van der Waals surface area (Å²) in [5.74, 6) is 0. The molecule has 0 aromatic carbocycles. The van der Waals surface area contributed by atoms with Gasteiger partial charge in [-0.2, -0.15) is 0 Å². The maximum atomic E-state index is 3.41. The van der Waals surface area contributed by atoms with Gasteiger partial charge < -0.3 is 63.8 Å². The molecule has 0 aromatic rings. The lowest BCUT2D eigenvalue weighted by atomic mass is 10.4. The van der Waals surface area contributed by atoms with Gasteiger partial charge in [0, 0.05) is 157 Å². The maximum absolute atomic E-state index is 3.41. The molecule has 2 fully saturated rings. The largest absolute Gasteiger partial charge is 0.314 e. The molecule has 0 spiro atoms. The summed E-state index contributed by atoms with van der Waals surface area (Å²) in [6.45, 7) is 25.0. The molecule has 0 atom stereocenters. The van der Waals surface area contributed by atoms with Crippen LogP contribution in [0.2, 0.25) is 0 Å². The lowest BCUT2D eigenvalue weighted by Crippen LogP contribution is -2.39. The van der Waals surface area contributed by atoms with Gasteiger partial charge in [0.25, 0.3) is 0 Å². The van der Waals surface area contributed by atoms with Crippen LogP contribution in [0.15, 0.2) is 0 Å². The standard InChI is InChI=1S/2C12H30N6/c2*1-2-14-5-6-16-9-10-18-12-11-17-8-7-15-4-3-13-1/h2*13-18H,1-12H2. The fraction of sp³-hybridized carbons (Fsp3) is 1.00. The number of hydrogen-bond acceptors (Lipinski definition) is 12. The average Bonchev–Trinajstić information content (AvgIpc) is 2.89. The van der Waals surface area contributed by atoms with Crippen LogP contribution in [0.3, 0.4) is 0 Å². The Kier molecular flexibility index (Phi) is 28.6. The highest BCUT2D eigenvalue weighted by atomic mass is 15.0. The molecule has 12 nitrogen and oxygen atoms in total. The minimum absolute atomic E-state index is 1.04. The summed E-state index contributed by atoms with van der Waals surface area (Å²) in [7, 11) is 0. The highest BCUT2D eigenvalue weighted by molar-refractivity contribution is 4.62. The molecule has 0 bridgehead atoms. The predicted octanol–water partition coefficient (Wildman–Crippen LogP) is -4.92. The molecule has 2 aliphatic rings. The molecule has 216 valence electrons. The summed E-state index contributed by atoms with van der Waals surface area (Å²) in [6, 6.07) is 0. The number of rotatable bonds is 0. The third-order valence-corrected chi connectivity index (χ3v) is 5.74. The van der Waals surface area contributed by atoms with Gasteiger partial charge in [-0.05, 0) is 0 Å². The molecule has 0 amide bonds. The highest BCUT2D eigenvalue weighted by Crippen LogP contribution is 1.68. The molecule has 0 aliphatic carbocycles. The molecule has 12 N–H and O–H groups in total. The van der Waals surface area contributed by atoms with Crippen molar-refractivity contribution in [3.05, 3.63) is 0 Å².